The van der Waals surface area contributed by atoms with Gasteiger partial charge >= 0.3 is 5.97 Å². The van der Waals surface area contributed by atoms with Gasteiger partial charge < -0.3 is 24.8 Å². The van der Waals surface area contributed by atoms with Crippen molar-refractivity contribution in [3.63, 3.8) is 0 Å². The molecule has 1 fully saturated rings. The van der Waals surface area contributed by atoms with Crippen LogP contribution in [0, 0.1) is 11.8 Å². The molecule has 5 rings (SSSR count). The average Bonchev–Trinajstić information content (AvgIpc) is 3.00. The standard InChI is InChI=1S/C25H27ClF2N6O3/c1-12-9-34(10-13(2)25(12,27)28)24-29-8-17(26)21(32-24)31-15-5-6-18-16(7-15)20-19(22(35)33(18)4)23(36)37-11-14(3)30-20/h5-8,12-14,30H,9-11H2,1-4H3,(H,29,31,32)/t12-,13+,14-/m0/s1. The summed E-state index contributed by atoms with van der Waals surface area (Å²) in [4.78, 5) is 36.0. The number of nitrogens with zero attached hydrogens (tertiary/aromatic N) is 4. The van der Waals surface area contributed by atoms with E-state index in [0.29, 0.717) is 34.0 Å². The van der Waals surface area contributed by atoms with E-state index in [1.54, 1.807) is 30.1 Å². The van der Waals surface area contributed by atoms with Gasteiger partial charge in [-0.25, -0.2) is 18.6 Å². The van der Waals surface area contributed by atoms with Gasteiger partial charge in [0, 0.05) is 43.0 Å². The fraction of sp³-hybridized carbons (Fsp3) is 0.440. The minimum absolute atomic E-state index is 0.0519. The van der Waals surface area contributed by atoms with Crippen molar-refractivity contribution in [3.05, 3.63) is 45.3 Å². The number of hydrogen-bond acceptors (Lipinski definition) is 8. The van der Waals surface area contributed by atoms with Crippen LogP contribution in [-0.4, -0.2) is 52.2 Å². The number of fused-ring (bicyclic) bond motifs is 3. The summed E-state index contributed by atoms with van der Waals surface area (Å²) >= 11 is 6.38. The molecule has 3 aromatic rings. The number of hydrogen-bond donors (Lipinski definition) is 2. The Bertz CT molecular complexity index is 1450. The highest BCUT2D eigenvalue weighted by atomic mass is 35.5. The summed E-state index contributed by atoms with van der Waals surface area (Å²) in [7, 11) is 1.59. The summed E-state index contributed by atoms with van der Waals surface area (Å²) in [5.74, 6) is -4.53. The third-order valence-corrected chi connectivity index (χ3v) is 7.31. The number of carbonyl (C=O) groups excluding carboxylic acids is 1. The van der Waals surface area contributed by atoms with Crippen molar-refractivity contribution in [1.82, 2.24) is 14.5 Å². The number of esters is 1. The number of piperidine rings is 1. The van der Waals surface area contributed by atoms with Crippen molar-refractivity contribution < 1.29 is 18.3 Å². The number of cyclic esters (lactones) is 1. The third-order valence-electron chi connectivity index (χ3n) is 7.03. The number of nitrogens with one attached hydrogen (secondary N) is 2. The molecule has 0 aliphatic carbocycles. The smallest absolute Gasteiger partial charge is 0.346 e. The van der Waals surface area contributed by atoms with E-state index in [4.69, 9.17) is 16.3 Å². The topological polar surface area (TPSA) is 101 Å². The van der Waals surface area contributed by atoms with Gasteiger partial charge in [0.1, 0.15) is 17.2 Å². The number of alkyl halides is 2. The number of halogens is 3. The highest BCUT2D eigenvalue weighted by Gasteiger charge is 2.47. The Morgan fingerprint density at radius 3 is 2.59 bits per heavy atom. The Kier molecular flexibility index (Phi) is 6.21. The number of aromatic nitrogens is 3. The van der Waals surface area contributed by atoms with Crippen molar-refractivity contribution in [1.29, 1.82) is 0 Å². The van der Waals surface area contributed by atoms with Gasteiger partial charge in [-0.1, -0.05) is 25.4 Å². The molecule has 0 radical (unpaired) electrons. The maximum absolute atomic E-state index is 14.3. The number of carbonyl (C=O) groups is 1. The molecule has 0 spiro atoms. The summed E-state index contributed by atoms with van der Waals surface area (Å²) in [6.45, 7) is 5.27. The molecule has 0 bridgehead atoms. The molecule has 12 heteroatoms. The van der Waals surface area contributed by atoms with Crippen LogP contribution in [0.5, 0.6) is 0 Å². The maximum Gasteiger partial charge on any atom is 0.346 e. The first-order chi connectivity index (χ1) is 17.5. The highest BCUT2D eigenvalue weighted by molar-refractivity contribution is 6.33. The highest BCUT2D eigenvalue weighted by Crippen LogP contribution is 2.39. The summed E-state index contributed by atoms with van der Waals surface area (Å²) in [6, 6.07) is 5.11. The average molecular weight is 533 g/mol. The normalized spacial score (nSPS) is 23.2. The van der Waals surface area contributed by atoms with Crippen LogP contribution in [0.15, 0.2) is 29.2 Å². The van der Waals surface area contributed by atoms with Crippen molar-refractivity contribution in [3.8, 4) is 0 Å². The molecule has 1 saturated heterocycles. The van der Waals surface area contributed by atoms with E-state index in [1.165, 1.54) is 24.6 Å². The SMILES string of the molecule is C[C@@H]1CN(c2ncc(Cl)c(Nc3ccc4c(c3)c3c(c(=O)n4C)C(=O)OC[C@H](C)N3)n2)C[C@H](C)C1(F)F. The maximum atomic E-state index is 14.3. The zero-order valence-corrected chi connectivity index (χ0v) is 21.6. The molecule has 2 aliphatic rings. The van der Waals surface area contributed by atoms with Crippen LogP contribution >= 0.6 is 11.6 Å². The van der Waals surface area contributed by atoms with E-state index >= 15 is 0 Å². The van der Waals surface area contributed by atoms with Crippen molar-refractivity contribution in [2.75, 3.05) is 35.2 Å². The van der Waals surface area contributed by atoms with Crippen LogP contribution in [0.25, 0.3) is 10.9 Å². The van der Waals surface area contributed by atoms with Crippen LogP contribution in [-0.2, 0) is 11.8 Å². The van der Waals surface area contributed by atoms with E-state index < -0.39 is 29.3 Å². The molecule has 0 saturated carbocycles. The number of pyridine rings is 1. The Morgan fingerprint density at radius 2 is 1.89 bits per heavy atom. The molecule has 2 N–H and O–H groups in total. The molecular weight excluding hydrogens is 506 g/mol. The molecule has 1 aromatic carbocycles. The molecule has 0 unspecified atom stereocenters. The fourth-order valence-corrected chi connectivity index (χ4v) is 5.03. The Balaban J connectivity index is 1.53. The predicted molar refractivity (Wildman–Crippen MR) is 138 cm³/mol. The largest absolute Gasteiger partial charge is 0.460 e. The van der Waals surface area contributed by atoms with Crippen LogP contribution in [0.3, 0.4) is 0 Å². The van der Waals surface area contributed by atoms with Gasteiger partial charge in [-0.05, 0) is 25.1 Å². The van der Waals surface area contributed by atoms with E-state index in [2.05, 4.69) is 20.6 Å². The molecule has 2 aromatic heterocycles. The van der Waals surface area contributed by atoms with Gasteiger partial charge in [0.05, 0.1) is 23.4 Å². The fourth-order valence-electron chi connectivity index (χ4n) is 4.89. The number of ether oxygens (including phenoxy) is 1. The van der Waals surface area contributed by atoms with Gasteiger partial charge in [-0.3, -0.25) is 4.79 Å². The molecule has 4 heterocycles. The minimum atomic E-state index is -2.76. The van der Waals surface area contributed by atoms with Gasteiger partial charge in [0.2, 0.25) is 5.95 Å². The van der Waals surface area contributed by atoms with Gasteiger partial charge in [0.15, 0.2) is 5.82 Å². The van der Waals surface area contributed by atoms with Gasteiger partial charge in [-0.2, -0.15) is 4.98 Å². The zero-order chi connectivity index (χ0) is 26.6. The molecule has 3 atom stereocenters. The van der Waals surface area contributed by atoms with E-state index in [-0.39, 0.29) is 36.3 Å². The zero-order valence-electron chi connectivity index (χ0n) is 20.8. The predicted octanol–water partition coefficient (Wildman–Crippen LogP) is 4.42. The second kappa shape index (κ2) is 9.13. The van der Waals surface area contributed by atoms with Crippen molar-refractivity contribution >= 4 is 51.6 Å². The molecule has 196 valence electrons. The molecule has 2 aliphatic heterocycles. The molecule has 37 heavy (non-hydrogen) atoms. The van der Waals surface area contributed by atoms with Crippen LogP contribution in [0.2, 0.25) is 5.02 Å². The van der Waals surface area contributed by atoms with Crippen LogP contribution in [0.4, 0.5) is 31.9 Å². The summed E-state index contributed by atoms with van der Waals surface area (Å²) < 4.78 is 35.3. The molecular formula is C25H27ClF2N6O3. The lowest BCUT2D eigenvalue weighted by Gasteiger charge is -2.41. The van der Waals surface area contributed by atoms with E-state index in [1.807, 2.05) is 6.92 Å². The van der Waals surface area contributed by atoms with E-state index in [9.17, 15) is 18.4 Å². The lowest BCUT2D eigenvalue weighted by Crippen LogP contribution is -2.52. The first-order valence-corrected chi connectivity index (χ1v) is 12.4. The van der Waals surface area contributed by atoms with Crippen LogP contribution in [0.1, 0.15) is 31.1 Å². The van der Waals surface area contributed by atoms with Crippen LogP contribution < -0.4 is 21.1 Å². The second-order valence-corrected chi connectivity index (χ2v) is 10.3. The monoisotopic (exact) mass is 532 g/mol. The van der Waals surface area contributed by atoms with Gasteiger partial charge in [0.25, 0.3) is 11.5 Å². The molecule has 0 amide bonds. The van der Waals surface area contributed by atoms with E-state index in [0.717, 1.165) is 0 Å². The first kappa shape index (κ1) is 25.2. The number of rotatable bonds is 3. The summed E-state index contributed by atoms with van der Waals surface area (Å²) in [6.07, 6.45) is 1.43. The minimum Gasteiger partial charge on any atom is -0.460 e. The Labute approximate surface area is 216 Å². The molecule has 9 nitrogen and oxygen atoms in total. The lowest BCUT2D eigenvalue weighted by molar-refractivity contribution is -0.105. The summed E-state index contributed by atoms with van der Waals surface area (Å²) in [5.41, 5.74) is 1.12. The van der Waals surface area contributed by atoms with Crippen molar-refractivity contribution in [2.45, 2.75) is 32.7 Å². The quantitative estimate of drug-likeness (QED) is 0.478. The lowest BCUT2D eigenvalue weighted by atomic mass is 9.87. The first-order valence-electron chi connectivity index (χ1n) is 12.0. The number of benzene rings is 1. The number of anilines is 4. The second-order valence-electron chi connectivity index (χ2n) is 9.86. The van der Waals surface area contributed by atoms with Crippen molar-refractivity contribution in [2.24, 2.45) is 18.9 Å². The Hall–Kier alpha value is -3.47. The third kappa shape index (κ3) is 4.35. The summed E-state index contributed by atoms with van der Waals surface area (Å²) in [5, 5.41) is 7.29. The Morgan fingerprint density at radius 1 is 1.19 bits per heavy atom. The van der Waals surface area contributed by atoms with Gasteiger partial charge in [-0.15, -0.1) is 0 Å². The number of aryl methyl sites for hydroxylation is 1.